The van der Waals surface area contributed by atoms with Crippen molar-refractivity contribution in [1.82, 2.24) is 5.01 Å². The van der Waals surface area contributed by atoms with Crippen LogP contribution in [0.2, 0.25) is 0 Å². The fourth-order valence-corrected chi connectivity index (χ4v) is 3.35. The lowest BCUT2D eigenvalue weighted by Crippen LogP contribution is -2.55. The van der Waals surface area contributed by atoms with E-state index in [-0.39, 0.29) is 6.10 Å². The average Bonchev–Trinajstić information content (AvgIpc) is 2.62. The maximum absolute atomic E-state index is 6.10. The molecule has 0 saturated carbocycles. The highest BCUT2D eigenvalue weighted by Gasteiger charge is 2.33. The highest BCUT2D eigenvalue weighted by Crippen LogP contribution is 2.31. The van der Waals surface area contributed by atoms with Gasteiger partial charge in [0.05, 0.1) is 24.4 Å². The molecule has 1 heterocycles. The van der Waals surface area contributed by atoms with Gasteiger partial charge in [0.1, 0.15) is 0 Å². The molecule has 1 fully saturated rings. The Balaban J connectivity index is 1.85. The lowest BCUT2D eigenvalue weighted by molar-refractivity contribution is -0.0716. The molecule has 1 saturated heterocycles. The molecule has 0 bridgehead atoms. The Bertz CT molecular complexity index is 587. The normalized spacial score (nSPS) is 22.0. The van der Waals surface area contributed by atoms with Gasteiger partial charge in [0.15, 0.2) is 0 Å². The Morgan fingerprint density at radius 3 is 2.35 bits per heavy atom. The molecule has 3 rings (SSSR count). The highest BCUT2D eigenvalue weighted by atomic mass is 16.5. The molecule has 2 aromatic rings. The number of hydrogen-bond acceptors (Lipinski definition) is 3. The van der Waals surface area contributed by atoms with E-state index in [1.54, 1.807) is 0 Å². The number of anilines is 1. The molecule has 3 heteroatoms. The molecule has 2 atom stereocenters. The summed E-state index contributed by atoms with van der Waals surface area (Å²) in [4.78, 5) is 0. The third kappa shape index (κ3) is 3.57. The topological polar surface area (TPSA) is 15.7 Å². The molecule has 2 aromatic carbocycles. The monoisotopic (exact) mass is 310 g/mol. The van der Waals surface area contributed by atoms with E-state index in [0.29, 0.717) is 6.04 Å². The van der Waals surface area contributed by atoms with Crippen molar-refractivity contribution in [1.29, 1.82) is 0 Å². The molecule has 1 aliphatic heterocycles. The van der Waals surface area contributed by atoms with Crippen molar-refractivity contribution in [3.63, 3.8) is 0 Å². The fourth-order valence-electron chi connectivity index (χ4n) is 3.35. The molecule has 1 aliphatic rings. The fraction of sp³-hybridized carbons (Fsp3) is 0.400. The van der Waals surface area contributed by atoms with Gasteiger partial charge < -0.3 is 9.75 Å². The number of nitrogens with zero attached hydrogens (tertiary/aromatic N) is 2. The molecule has 2 unspecified atom stereocenters. The third-order valence-corrected chi connectivity index (χ3v) is 4.45. The smallest absolute Gasteiger partial charge is 0.0996 e. The van der Waals surface area contributed by atoms with E-state index < -0.39 is 0 Å². The predicted molar refractivity (Wildman–Crippen MR) is 95.4 cm³/mol. The molecule has 0 spiro atoms. The molecule has 0 amide bonds. The van der Waals surface area contributed by atoms with Gasteiger partial charge in [0.2, 0.25) is 0 Å². The van der Waals surface area contributed by atoms with E-state index in [1.165, 1.54) is 11.3 Å². The van der Waals surface area contributed by atoms with E-state index in [0.717, 1.165) is 26.1 Å². The molecular weight excluding hydrogens is 284 g/mol. The molecule has 0 N–H and O–H groups in total. The summed E-state index contributed by atoms with van der Waals surface area (Å²) < 4.78 is 6.10. The Kier molecular flexibility index (Phi) is 5.31. The first-order chi connectivity index (χ1) is 11.3. The van der Waals surface area contributed by atoms with E-state index in [4.69, 9.17) is 4.74 Å². The highest BCUT2D eigenvalue weighted by molar-refractivity contribution is 5.45. The van der Waals surface area contributed by atoms with Crippen molar-refractivity contribution in [2.75, 3.05) is 24.7 Å². The summed E-state index contributed by atoms with van der Waals surface area (Å²) in [5, 5.41) is 4.89. The molecule has 0 aliphatic carbocycles. The maximum Gasteiger partial charge on any atom is 0.0996 e. The predicted octanol–water partition coefficient (Wildman–Crippen LogP) is 4.28. The summed E-state index contributed by atoms with van der Waals surface area (Å²) in [5.74, 6) is 0. The van der Waals surface area contributed by atoms with Crippen molar-refractivity contribution in [2.24, 2.45) is 0 Å². The zero-order valence-corrected chi connectivity index (χ0v) is 14.1. The minimum absolute atomic E-state index is 0.119. The van der Waals surface area contributed by atoms with Gasteiger partial charge in [0, 0.05) is 13.1 Å². The van der Waals surface area contributed by atoms with Crippen molar-refractivity contribution in [3.8, 4) is 0 Å². The molecule has 0 aromatic heterocycles. The quantitative estimate of drug-likeness (QED) is 0.820. The van der Waals surface area contributed by atoms with E-state index >= 15 is 0 Å². The van der Waals surface area contributed by atoms with Gasteiger partial charge in [-0.1, -0.05) is 55.5 Å². The van der Waals surface area contributed by atoms with Gasteiger partial charge in [-0.3, -0.25) is 0 Å². The van der Waals surface area contributed by atoms with E-state index in [9.17, 15) is 0 Å². The van der Waals surface area contributed by atoms with Crippen molar-refractivity contribution in [2.45, 2.75) is 32.4 Å². The van der Waals surface area contributed by atoms with Crippen LogP contribution in [0.15, 0.2) is 60.7 Å². The first-order valence-corrected chi connectivity index (χ1v) is 8.57. The summed E-state index contributed by atoms with van der Waals surface area (Å²) in [6, 6.07) is 21.5. The third-order valence-electron chi connectivity index (χ3n) is 4.45. The van der Waals surface area contributed by atoms with Crippen LogP contribution >= 0.6 is 0 Å². The van der Waals surface area contributed by atoms with Gasteiger partial charge in [-0.15, -0.1) is 0 Å². The van der Waals surface area contributed by atoms with Gasteiger partial charge in [-0.25, -0.2) is 5.01 Å². The van der Waals surface area contributed by atoms with Crippen LogP contribution in [-0.2, 0) is 4.74 Å². The standard InChI is InChI=1S/C20H26N2O/c1-3-14-22(19-12-8-5-9-13-19)21-15-16-23-20(17(21)2)18-10-6-4-7-11-18/h4-13,17,20H,3,14-16H2,1-2H3. The van der Waals surface area contributed by atoms with Gasteiger partial charge in [-0.2, -0.15) is 0 Å². The summed E-state index contributed by atoms with van der Waals surface area (Å²) >= 11 is 0. The average molecular weight is 310 g/mol. The van der Waals surface area contributed by atoms with Crippen LogP contribution in [0.4, 0.5) is 5.69 Å². The van der Waals surface area contributed by atoms with Crippen LogP contribution in [-0.4, -0.2) is 30.7 Å². The zero-order valence-electron chi connectivity index (χ0n) is 14.1. The Labute approximate surface area is 139 Å². The second-order valence-corrected chi connectivity index (χ2v) is 6.06. The van der Waals surface area contributed by atoms with E-state index in [1.807, 2.05) is 0 Å². The van der Waals surface area contributed by atoms with Gasteiger partial charge in [-0.05, 0) is 31.0 Å². The number of hydrogen-bond donors (Lipinski definition) is 0. The largest absolute Gasteiger partial charge is 0.370 e. The van der Waals surface area contributed by atoms with Crippen molar-refractivity contribution < 1.29 is 4.74 Å². The number of ether oxygens (including phenoxy) is 1. The van der Waals surface area contributed by atoms with E-state index in [2.05, 4.69) is 84.5 Å². The summed E-state index contributed by atoms with van der Waals surface area (Å²) in [6.07, 6.45) is 1.24. The minimum atomic E-state index is 0.119. The van der Waals surface area contributed by atoms with Crippen LogP contribution in [0.5, 0.6) is 0 Å². The first kappa shape index (κ1) is 16.0. The van der Waals surface area contributed by atoms with Crippen molar-refractivity contribution >= 4 is 5.69 Å². The Morgan fingerprint density at radius 1 is 1.04 bits per heavy atom. The first-order valence-electron chi connectivity index (χ1n) is 8.57. The Hall–Kier alpha value is -1.84. The number of benzene rings is 2. The molecule has 122 valence electrons. The molecule has 23 heavy (non-hydrogen) atoms. The van der Waals surface area contributed by atoms with Crippen LogP contribution < -0.4 is 5.01 Å². The van der Waals surface area contributed by atoms with Crippen LogP contribution in [0.1, 0.15) is 31.9 Å². The summed E-state index contributed by atoms with van der Waals surface area (Å²) in [5.41, 5.74) is 2.52. The van der Waals surface area contributed by atoms with Gasteiger partial charge in [0.25, 0.3) is 0 Å². The summed E-state index contributed by atoms with van der Waals surface area (Å²) in [6.45, 7) is 7.21. The maximum atomic E-state index is 6.10. The minimum Gasteiger partial charge on any atom is -0.370 e. The zero-order chi connectivity index (χ0) is 16.1. The number of para-hydroxylation sites is 1. The van der Waals surface area contributed by atoms with Crippen LogP contribution in [0.25, 0.3) is 0 Å². The van der Waals surface area contributed by atoms with Gasteiger partial charge >= 0.3 is 0 Å². The second kappa shape index (κ2) is 7.62. The SMILES string of the molecule is CCCN(c1ccccc1)N1CCOC(c2ccccc2)C1C. The molecule has 0 radical (unpaired) electrons. The Morgan fingerprint density at radius 2 is 1.70 bits per heavy atom. The lowest BCUT2D eigenvalue weighted by atomic mass is 10.0. The number of hydrazine groups is 1. The van der Waals surface area contributed by atoms with Crippen molar-refractivity contribution in [3.05, 3.63) is 66.2 Å². The molecular formula is C20H26N2O. The van der Waals surface area contributed by atoms with Crippen LogP contribution in [0.3, 0.4) is 0 Å². The lowest BCUT2D eigenvalue weighted by Gasteiger charge is -2.46. The summed E-state index contributed by atoms with van der Waals surface area (Å²) in [7, 11) is 0. The second-order valence-electron chi connectivity index (χ2n) is 6.06. The number of morpholine rings is 1. The molecule has 3 nitrogen and oxygen atoms in total. The van der Waals surface area contributed by atoms with Crippen LogP contribution in [0, 0.1) is 0 Å². The number of rotatable bonds is 5.